The minimum atomic E-state index is -3.08. The fourth-order valence-electron chi connectivity index (χ4n) is 0.684. The Morgan fingerprint density at radius 2 is 1.47 bits per heavy atom. The van der Waals surface area contributed by atoms with Crippen molar-refractivity contribution in [1.82, 2.24) is 0 Å². The summed E-state index contributed by atoms with van der Waals surface area (Å²) in [6.45, 7) is 1.19. The Bertz CT molecular complexity index is 270. The Hall–Kier alpha value is -0.850. The molecule has 0 fully saturated rings. The predicted octanol–water partition coefficient (Wildman–Crippen LogP) is 1.15. The van der Waals surface area contributed by atoms with E-state index < -0.39 is 5.25 Å². The molecule has 6 heteroatoms. The number of anilines is 1. The number of nitrogens with two attached hydrogens (primary N) is 3. The van der Waals surface area contributed by atoms with Crippen molar-refractivity contribution >= 4 is 18.3 Å². The molecule has 0 aliphatic rings. The average molecular weight is 235 g/mol. The highest BCUT2D eigenvalue weighted by Gasteiger charge is 2.24. The molecule has 0 bridgehead atoms. The van der Waals surface area contributed by atoms with Gasteiger partial charge in [-0.15, -0.1) is 12.6 Å². The monoisotopic (exact) mass is 235 g/mol. The molecule has 0 amide bonds. The van der Waals surface area contributed by atoms with Crippen LogP contribution in [-0.2, 0) is 5.25 Å². The summed E-state index contributed by atoms with van der Waals surface area (Å²) in [5.74, 6) is 0. The molecule has 0 aliphatic carbocycles. The molecule has 1 aromatic carbocycles. The van der Waals surface area contributed by atoms with Crippen molar-refractivity contribution in [3.63, 3.8) is 0 Å². The Balaban J connectivity index is 0.000000423. The third-order valence-electron chi connectivity index (χ3n) is 1.42. The van der Waals surface area contributed by atoms with Gasteiger partial charge in [0.05, 0.1) is 0 Å². The van der Waals surface area contributed by atoms with Gasteiger partial charge in [0.25, 0.3) is 0 Å². The minimum absolute atomic E-state index is 0.143. The predicted molar refractivity (Wildman–Crippen MR) is 61.8 cm³/mol. The first-order chi connectivity index (χ1) is 6.91. The molecule has 86 valence electrons. The molecule has 6 N–H and O–H groups in total. The molecule has 15 heavy (non-hydrogen) atoms. The smallest absolute Gasteiger partial charge is 0.316 e. The van der Waals surface area contributed by atoms with Crippen molar-refractivity contribution in [3.8, 4) is 0 Å². The van der Waals surface area contributed by atoms with Crippen LogP contribution in [0.15, 0.2) is 24.3 Å². The lowest BCUT2D eigenvalue weighted by Gasteiger charge is -2.08. The van der Waals surface area contributed by atoms with Crippen LogP contribution in [0.4, 0.5) is 14.5 Å². The highest BCUT2D eigenvalue weighted by Crippen LogP contribution is 2.31. The fraction of sp³-hybridized carbons (Fsp3) is 0.333. The molecule has 0 saturated carbocycles. The van der Waals surface area contributed by atoms with E-state index in [0.29, 0.717) is 18.8 Å². The molecule has 1 aromatic rings. The van der Waals surface area contributed by atoms with E-state index in [1.54, 1.807) is 0 Å². The molecular formula is C9H15F2N3S. The van der Waals surface area contributed by atoms with Gasteiger partial charge in [-0.05, 0) is 12.1 Å². The maximum absolute atomic E-state index is 12.4. The second-order valence-electron chi connectivity index (χ2n) is 2.74. The normalized spacial score (nSPS) is 10.5. The molecular weight excluding hydrogens is 220 g/mol. The van der Waals surface area contributed by atoms with Crippen LogP contribution in [0.2, 0.25) is 0 Å². The van der Waals surface area contributed by atoms with Crippen LogP contribution in [0.5, 0.6) is 0 Å². The van der Waals surface area contributed by atoms with E-state index in [1.807, 2.05) is 0 Å². The largest absolute Gasteiger partial charge is 0.399 e. The molecule has 0 aromatic heterocycles. The number of hydrogen-bond donors (Lipinski definition) is 4. The van der Waals surface area contributed by atoms with Crippen LogP contribution < -0.4 is 17.2 Å². The van der Waals surface area contributed by atoms with Gasteiger partial charge in [-0.1, -0.05) is 12.1 Å². The maximum atomic E-state index is 12.4. The van der Waals surface area contributed by atoms with Crippen LogP contribution in [0.3, 0.4) is 0 Å². The summed E-state index contributed by atoms with van der Waals surface area (Å²) < 4.78 is 24.8. The fourth-order valence-corrected chi connectivity index (χ4v) is 0.833. The van der Waals surface area contributed by atoms with Gasteiger partial charge >= 0.3 is 5.25 Å². The van der Waals surface area contributed by atoms with Crippen LogP contribution >= 0.6 is 12.6 Å². The number of nitrogen functional groups attached to an aromatic ring is 1. The first-order valence-corrected chi connectivity index (χ1v) is 4.73. The molecule has 0 aliphatic heterocycles. The zero-order valence-corrected chi connectivity index (χ0v) is 9.05. The van der Waals surface area contributed by atoms with Crippen molar-refractivity contribution in [2.24, 2.45) is 11.5 Å². The van der Waals surface area contributed by atoms with Crippen LogP contribution in [0.1, 0.15) is 5.56 Å². The minimum Gasteiger partial charge on any atom is -0.399 e. The second kappa shape index (κ2) is 6.60. The number of halogens is 2. The van der Waals surface area contributed by atoms with Crippen molar-refractivity contribution in [2.75, 3.05) is 18.8 Å². The Kier molecular flexibility index (Phi) is 6.23. The van der Waals surface area contributed by atoms with Crippen LogP contribution in [-0.4, -0.2) is 13.1 Å². The Morgan fingerprint density at radius 3 is 1.73 bits per heavy atom. The molecule has 0 spiro atoms. The third kappa shape index (κ3) is 6.27. The van der Waals surface area contributed by atoms with Crippen LogP contribution in [0.25, 0.3) is 0 Å². The lowest BCUT2D eigenvalue weighted by atomic mass is 10.2. The molecule has 0 saturated heterocycles. The first kappa shape index (κ1) is 14.2. The number of benzene rings is 1. The highest BCUT2D eigenvalue weighted by molar-refractivity contribution is 7.81. The van der Waals surface area contributed by atoms with E-state index in [2.05, 4.69) is 12.6 Å². The summed E-state index contributed by atoms with van der Waals surface area (Å²) in [6.07, 6.45) is 0. The van der Waals surface area contributed by atoms with Gasteiger partial charge in [0.1, 0.15) is 0 Å². The third-order valence-corrected chi connectivity index (χ3v) is 1.68. The van der Waals surface area contributed by atoms with Gasteiger partial charge in [0.2, 0.25) is 0 Å². The zero-order valence-electron chi connectivity index (χ0n) is 8.16. The van der Waals surface area contributed by atoms with Gasteiger partial charge in [-0.2, -0.15) is 8.78 Å². The van der Waals surface area contributed by atoms with Gasteiger partial charge in [0, 0.05) is 24.3 Å². The van der Waals surface area contributed by atoms with Crippen LogP contribution in [0, 0.1) is 0 Å². The summed E-state index contributed by atoms with van der Waals surface area (Å²) in [4.78, 5) is 0. The SMILES string of the molecule is NCCN.Nc1ccc(C(F)(F)S)cc1. The van der Waals surface area contributed by atoms with E-state index in [4.69, 9.17) is 17.2 Å². The van der Waals surface area contributed by atoms with Gasteiger partial charge in [-0.3, -0.25) is 0 Å². The van der Waals surface area contributed by atoms with Crippen molar-refractivity contribution in [3.05, 3.63) is 29.8 Å². The molecule has 0 atom stereocenters. The molecule has 0 radical (unpaired) electrons. The second-order valence-corrected chi connectivity index (χ2v) is 3.30. The number of hydrogen-bond acceptors (Lipinski definition) is 4. The number of alkyl halides is 2. The average Bonchev–Trinajstić information content (AvgIpc) is 2.17. The van der Waals surface area contributed by atoms with E-state index >= 15 is 0 Å². The summed E-state index contributed by atoms with van der Waals surface area (Å²) in [6, 6.07) is 5.34. The van der Waals surface area contributed by atoms with Gasteiger partial charge in [0.15, 0.2) is 0 Å². The summed E-state index contributed by atoms with van der Waals surface area (Å²) in [5, 5.41) is -3.08. The summed E-state index contributed by atoms with van der Waals surface area (Å²) >= 11 is 3.10. The lowest BCUT2D eigenvalue weighted by Crippen LogP contribution is -2.11. The maximum Gasteiger partial charge on any atom is 0.316 e. The van der Waals surface area contributed by atoms with Gasteiger partial charge in [-0.25, -0.2) is 0 Å². The number of rotatable bonds is 2. The lowest BCUT2D eigenvalue weighted by molar-refractivity contribution is 0.108. The van der Waals surface area contributed by atoms with E-state index in [1.165, 1.54) is 24.3 Å². The number of thiol groups is 1. The van der Waals surface area contributed by atoms with E-state index in [0.717, 1.165) is 0 Å². The van der Waals surface area contributed by atoms with Crippen molar-refractivity contribution in [1.29, 1.82) is 0 Å². The summed E-state index contributed by atoms with van der Waals surface area (Å²) in [5.41, 5.74) is 15.4. The Labute approximate surface area is 93.0 Å². The quantitative estimate of drug-likeness (QED) is 0.459. The molecule has 3 nitrogen and oxygen atoms in total. The van der Waals surface area contributed by atoms with Crippen molar-refractivity contribution < 1.29 is 8.78 Å². The standard InChI is InChI=1S/C7H7F2NS.C2H8N2/c8-7(9,11)5-1-3-6(10)4-2-5;3-1-2-4/h1-4,11H,10H2;1-4H2. The van der Waals surface area contributed by atoms with Gasteiger partial charge < -0.3 is 17.2 Å². The highest BCUT2D eigenvalue weighted by atomic mass is 32.1. The zero-order chi connectivity index (χ0) is 11.9. The van der Waals surface area contributed by atoms with E-state index in [-0.39, 0.29) is 5.56 Å². The molecule has 1 rings (SSSR count). The first-order valence-electron chi connectivity index (χ1n) is 4.28. The Morgan fingerprint density at radius 1 is 1.07 bits per heavy atom. The van der Waals surface area contributed by atoms with Crippen molar-refractivity contribution in [2.45, 2.75) is 5.25 Å². The molecule has 0 heterocycles. The molecule has 0 unspecified atom stereocenters. The van der Waals surface area contributed by atoms with E-state index in [9.17, 15) is 8.78 Å². The summed E-state index contributed by atoms with van der Waals surface area (Å²) in [7, 11) is 0. The topological polar surface area (TPSA) is 78.1 Å².